The summed E-state index contributed by atoms with van der Waals surface area (Å²) < 4.78 is 88.6. The average molecular weight is 502 g/mol. The number of sulfonamides is 1. The quantitative estimate of drug-likeness (QED) is 0.678. The van der Waals surface area contributed by atoms with Crippen molar-refractivity contribution >= 4 is 31.5 Å². The molecule has 0 aromatic heterocycles. The molecule has 2 aliphatic heterocycles. The molecule has 2 aromatic carbocycles. The molecule has 2 heterocycles. The topological polar surface area (TPSA) is 89.5 Å². The number of halogens is 3. The van der Waals surface area contributed by atoms with Gasteiger partial charge in [0.25, 0.3) is 0 Å². The lowest BCUT2D eigenvalue weighted by molar-refractivity contribution is 0.165. The molecule has 1 aliphatic carbocycles. The summed E-state index contributed by atoms with van der Waals surface area (Å²) in [7, 11) is -7.81. The normalized spacial score (nSPS) is 26.3. The number of rotatable bonds is 2. The first kappa shape index (κ1) is 21.7. The van der Waals surface area contributed by atoms with Gasteiger partial charge in [-0.25, -0.2) is 25.6 Å². The lowest BCUT2D eigenvalue weighted by atomic mass is 9.70. The Morgan fingerprint density at radius 3 is 2.47 bits per heavy atom. The number of nitrogens with one attached hydrogen (secondary N) is 1. The van der Waals surface area contributed by atoms with E-state index in [0.29, 0.717) is 16.3 Å². The molecule has 0 bridgehead atoms. The molecule has 5 rings (SSSR count). The first-order valence-corrected chi connectivity index (χ1v) is 13.4. The molecule has 3 aliphatic rings. The van der Waals surface area contributed by atoms with Gasteiger partial charge in [-0.2, -0.15) is 0 Å². The van der Waals surface area contributed by atoms with E-state index in [1.807, 2.05) is 0 Å². The molecule has 1 N–H and O–H groups in total. The van der Waals surface area contributed by atoms with Crippen molar-refractivity contribution in [3.63, 3.8) is 0 Å². The summed E-state index contributed by atoms with van der Waals surface area (Å²) in [5.74, 6) is -3.27. The van der Waals surface area contributed by atoms with Gasteiger partial charge >= 0.3 is 0 Å². The Morgan fingerprint density at radius 2 is 1.75 bits per heavy atom. The van der Waals surface area contributed by atoms with E-state index in [-0.39, 0.29) is 42.1 Å². The Kier molecular flexibility index (Phi) is 4.85. The van der Waals surface area contributed by atoms with Crippen molar-refractivity contribution in [2.24, 2.45) is 5.92 Å². The monoisotopic (exact) mass is 501 g/mol. The Morgan fingerprint density at radius 1 is 1.06 bits per heavy atom. The number of hydrogen-bond donors (Lipinski definition) is 1. The minimum atomic E-state index is -4.29. The lowest BCUT2D eigenvalue weighted by Gasteiger charge is -2.49. The van der Waals surface area contributed by atoms with Crippen LogP contribution in [-0.2, 0) is 24.6 Å². The van der Waals surface area contributed by atoms with Crippen LogP contribution in [0.5, 0.6) is 5.75 Å². The van der Waals surface area contributed by atoms with Crippen LogP contribution >= 0.6 is 11.6 Å². The number of fused-ring (bicyclic) bond motifs is 4. The molecule has 6 nitrogen and oxygen atoms in total. The van der Waals surface area contributed by atoms with Crippen LogP contribution in [0.3, 0.4) is 0 Å². The predicted molar refractivity (Wildman–Crippen MR) is 113 cm³/mol. The fourth-order valence-electron chi connectivity index (χ4n) is 5.11. The largest absolute Gasteiger partial charge is 0.489 e. The average Bonchev–Trinajstić information content (AvgIpc) is 2.75. The van der Waals surface area contributed by atoms with Crippen molar-refractivity contribution in [1.82, 2.24) is 4.72 Å². The van der Waals surface area contributed by atoms with E-state index in [9.17, 15) is 21.2 Å². The van der Waals surface area contributed by atoms with Crippen LogP contribution < -0.4 is 9.46 Å². The summed E-state index contributed by atoms with van der Waals surface area (Å²) in [6.07, 6.45) is -0.00314. The second-order valence-corrected chi connectivity index (χ2v) is 12.6. The van der Waals surface area contributed by atoms with Crippen LogP contribution in [0.25, 0.3) is 0 Å². The van der Waals surface area contributed by atoms with Crippen LogP contribution in [0.4, 0.5) is 8.78 Å². The molecule has 0 fully saturated rings. The Hall–Kier alpha value is -2.17. The molecule has 2 atom stereocenters. The molecule has 32 heavy (non-hydrogen) atoms. The SMILES string of the molecule is O=S1(=O)CCC2=C(CC[C@@]3(S(=O)(=O)c4ccc(Cl)cc4)c4c(F)ccc(F)c4OC[C@@H]23)N1. The highest BCUT2D eigenvalue weighted by molar-refractivity contribution is 7.92. The standard InChI is InChI=1S/C21H18ClF2NO5S2/c22-12-1-3-13(4-2-12)32(28,29)21-9-7-18-14(8-10-31(26,27)25-18)15(21)11-30-20-17(24)6-5-16(23)19(20)21/h1-6,15,25H,7-11H2/t15-,21-/m0/s1. The number of allylic oxidation sites excluding steroid dienone is 1. The van der Waals surface area contributed by atoms with E-state index in [2.05, 4.69) is 4.72 Å². The zero-order valence-electron chi connectivity index (χ0n) is 16.6. The maximum atomic E-state index is 15.3. The van der Waals surface area contributed by atoms with Crippen molar-refractivity contribution in [2.75, 3.05) is 12.4 Å². The van der Waals surface area contributed by atoms with Crippen LogP contribution in [0.15, 0.2) is 52.6 Å². The fourth-order valence-corrected chi connectivity index (χ4v) is 8.77. The first-order valence-electron chi connectivity index (χ1n) is 9.91. The lowest BCUT2D eigenvalue weighted by Crippen LogP contribution is -2.54. The summed E-state index contributed by atoms with van der Waals surface area (Å²) in [6, 6.07) is 7.31. The molecule has 0 unspecified atom stereocenters. The summed E-state index contributed by atoms with van der Waals surface area (Å²) in [5, 5.41) is 0.331. The predicted octanol–water partition coefficient (Wildman–Crippen LogP) is 3.67. The van der Waals surface area contributed by atoms with Crippen LogP contribution in [0, 0.1) is 17.6 Å². The van der Waals surface area contributed by atoms with Crippen molar-refractivity contribution < 1.29 is 30.4 Å². The van der Waals surface area contributed by atoms with Crippen LogP contribution in [0.1, 0.15) is 24.8 Å². The number of benzene rings is 2. The van der Waals surface area contributed by atoms with Gasteiger partial charge in [0.1, 0.15) is 10.6 Å². The third-order valence-corrected chi connectivity index (χ3v) is 10.6. The van der Waals surface area contributed by atoms with E-state index in [0.717, 1.165) is 12.1 Å². The minimum Gasteiger partial charge on any atom is -0.489 e. The summed E-state index contributed by atoms with van der Waals surface area (Å²) in [5.41, 5.74) is 0.619. The van der Waals surface area contributed by atoms with Gasteiger partial charge < -0.3 is 4.74 Å². The second kappa shape index (κ2) is 7.16. The van der Waals surface area contributed by atoms with Crippen molar-refractivity contribution in [1.29, 1.82) is 0 Å². The van der Waals surface area contributed by atoms with E-state index >= 15 is 4.39 Å². The highest BCUT2D eigenvalue weighted by Gasteiger charge is 2.60. The Bertz CT molecular complexity index is 1370. The molecule has 170 valence electrons. The maximum absolute atomic E-state index is 15.3. The summed E-state index contributed by atoms with van der Waals surface area (Å²) in [6.45, 7) is -0.221. The van der Waals surface area contributed by atoms with Crippen molar-refractivity contribution in [2.45, 2.75) is 28.9 Å². The molecule has 0 amide bonds. The van der Waals surface area contributed by atoms with E-state index < -0.39 is 47.9 Å². The molecular weight excluding hydrogens is 484 g/mol. The third-order valence-electron chi connectivity index (χ3n) is 6.52. The first-order chi connectivity index (χ1) is 15.1. The van der Waals surface area contributed by atoms with Gasteiger partial charge in [-0.05, 0) is 61.2 Å². The van der Waals surface area contributed by atoms with E-state index in [4.69, 9.17) is 16.3 Å². The fraction of sp³-hybridized carbons (Fsp3) is 0.333. The maximum Gasteiger partial charge on any atom is 0.232 e. The molecule has 0 spiro atoms. The molecule has 0 saturated carbocycles. The molecule has 0 radical (unpaired) electrons. The van der Waals surface area contributed by atoms with E-state index in [1.54, 1.807) is 0 Å². The van der Waals surface area contributed by atoms with Crippen molar-refractivity contribution in [3.8, 4) is 5.75 Å². The Labute approximate surface area is 189 Å². The zero-order chi connectivity index (χ0) is 22.9. The molecular formula is C21H18ClF2NO5S2. The Balaban J connectivity index is 1.81. The summed E-state index contributed by atoms with van der Waals surface area (Å²) in [4.78, 5) is -0.0798. The van der Waals surface area contributed by atoms with Gasteiger partial charge in [-0.15, -0.1) is 0 Å². The van der Waals surface area contributed by atoms with Crippen LogP contribution in [0.2, 0.25) is 5.02 Å². The minimum absolute atomic E-state index is 0.0489. The van der Waals surface area contributed by atoms with Crippen LogP contribution in [-0.4, -0.2) is 29.2 Å². The van der Waals surface area contributed by atoms with Gasteiger partial charge in [0.2, 0.25) is 10.0 Å². The summed E-state index contributed by atoms with van der Waals surface area (Å²) >= 11 is 5.93. The van der Waals surface area contributed by atoms with Gasteiger partial charge in [0, 0.05) is 16.6 Å². The molecule has 11 heteroatoms. The third kappa shape index (κ3) is 2.99. The van der Waals surface area contributed by atoms with Gasteiger partial charge in [-0.1, -0.05) is 11.6 Å². The van der Waals surface area contributed by atoms with Gasteiger partial charge in [-0.3, -0.25) is 4.72 Å². The van der Waals surface area contributed by atoms with Crippen molar-refractivity contribution in [3.05, 3.63) is 69.9 Å². The number of sulfone groups is 1. The smallest absolute Gasteiger partial charge is 0.232 e. The van der Waals surface area contributed by atoms with Gasteiger partial charge in [0.15, 0.2) is 21.4 Å². The number of ether oxygens (including phenoxy) is 1. The van der Waals surface area contributed by atoms with Gasteiger partial charge in [0.05, 0.1) is 22.8 Å². The molecule has 2 aromatic rings. The van der Waals surface area contributed by atoms with E-state index in [1.165, 1.54) is 24.3 Å². The zero-order valence-corrected chi connectivity index (χ0v) is 19.0. The molecule has 0 saturated heterocycles. The second-order valence-electron chi connectivity index (χ2n) is 8.12. The highest BCUT2D eigenvalue weighted by Crippen LogP contribution is 2.58. The highest BCUT2D eigenvalue weighted by atomic mass is 35.5. The number of hydrogen-bond acceptors (Lipinski definition) is 5.